The third kappa shape index (κ3) is 4.70. The van der Waals surface area contributed by atoms with Crippen LogP contribution in [0.15, 0.2) is 48.7 Å². The number of fused-ring (bicyclic) bond motifs is 1. The Kier molecular flexibility index (Phi) is 5.70. The zero-order valence-electron chi connectivity index (χ0n) is 16.1. The summed E-state index contributed by atoms with van der Waals surface area (Å²) in [5.41, 5.74) is 1.49. The van der Waals surface area contributed by atoms with Gasteiger partial charge in [-0.3, -0.25) is 14.0 Å². The van der Waals surface area contributed by atoms with Crippen LogP contribution in [0.25, 0.3) is 5.52 Å². The van der Waals surface area contributed by atoms with Crippen molar-refractivity contribution in [2.24, 2.45) is 0 Å². The maximum absolute atomic E-state index is 12.7. The topological polar surface area (TPSA) is 75.5 Å². The first kappa shape index (κ1) is 19.9. The number of pyridine rings is 1. The molecule has 0 aliphatic carbocycles. The van der Waals surface area contributed by atoms with Gasteiger partial charge in [0, 0.05) is 23.3 Å². The Morgan fingerprint density at radius 1 is 1.07 bits per heavy atom. The Balaban J connectivity index is 1.77. The van der Waals surface area contributed by atoms with E-state index in [1.807, 2.05) is 51.1 Å². The van der Waals surface area contributed by atoms with Crippen LogP contribution in [0, 0.1) is 0 Å². The maximum atomic E-state index is 12.7. The van der Waals surface area contributed by atoms with E-state index in [4.69, 9.17) is 11.6 Å². The Labute approximate surface area is 168 Å². The van der Waals surface area contributed by atoms with Gasteiger partial charge in [0.15, 0.2) is 5.69 Å². The van der Waals surface area contributed by atoms with Crippen LogP contribution in [0.3, 0.4) is 0 Å². The number of carbonyl (C=O) groups excluding carboxylic acids is 2. The van der Waals surface area contributed by atoms with E-state index in [1.165, 1.54) is 0 Å². The van der Waals surface area contributed by atoms with Crippen LogP contribution in [0.1, 0.15) is 47.4 Å². The number of amides is 2. The molecule has 7 heteroatoms. The molecule has 0 aliphatic heterocycles. The number of hydrogen-bond donors (Lipinski definition) is 2. The smallest absolute Gasteiger partial charge is 0.288 e. The largest absolute Gasteiger partial charge is 0.350 e. The summed E-state index contributed by atoms with van der Waals surface area (Å²) >= 11 is 5.89. The molecular weight excluding hydrogens is 376 g/mol. The molecule has 0 unspecified atom stereocenters. The predicted molar refractivity (Wildman–Crippen MR) is 110 cm³/mol. The van der Waals surface area contributed by atoms with Crippen LogP contribution >= 0.6 is 11.6 Å². The number of carbonyl (C=O) groups is 2. The summed E-state index contributed by atoms with van der Waals surface area (Å²) in [5, 5.41) is 6.44. The van der Waals surface area contributed by atoms with Gasteiger partial charge in [0.1, 0.15) is 0 Å². The molecule has 0 radical (unpaired) electrons. The van der Waals surface area contributed by atoms with Crippen molar-refractivity contribution >= 4 is 28.9 Å². The van der Waals surface area contributed by atoms with Crippen molar-refractivity contribution in [3.63, 3.8) is 0 Å². The number of halogens is 1. The lowest BCUT2D eigenvalue weighted by atomic mass is 10.1. The van der Waals surface area contributed by atoms with Gasteiger partial charge in [0.25, 0.3) is 11.8 Å². The number of hydrogen-bond acceptors (Lipinski definition) is 3. The predicted octanol–water partition coefficient (Wildman–Crippen LogP) is 3.49. The Hall–Kier alpha value is -2.86. The number of rotatable bonds is 5. The summed E-state index contributed by atoms with van der Waals surface area (Å²) < 4.78 is 1.63. The molecule has 2 aromatic heterocycles. The molecule has 2 heterocycles. The molecule has 1 aromatic carbocycles. The first-order valence-corrected chi connectivity index (χ1v) is 9.44. The molecule has 0 saturated carbocycles. The van der Waals surface area contributed by atoms with Crippen molar-refractivity contribution in [1.82, 2.24) is 20.0 Å². The SMILES string of the molecule is CC(C)(C)NC(=O)c1nc(C(=O)NCCc2ccc(Cl)cc2)c2ccccn12. The fourth-order valence-corrected chi connectivity index (χ4v) is 2.94. The average Bonchev–Trinajstić information content (AvgIpc) is 3.02. The lowest BCUT2D eigenvalue weighted by Crippen LogP contribution is -2.41. The summed E-state index contributed by atoms with van der Waals surface area (Å²) in [7, 11) is 0. The zero-order chi connectivity index (χ0) is 20.3. The fraction of sp³-hybridized carbons (Fsp3) is 0.286. The third-order valence-electron chi connectivity index (χ3n) is 4.07. The molecule has 0 bridgehead atoms. The highest BCUT2D eigenvalue weighted by atomic mass is 35.5. The molecule has 0 spiro atoms. The number of nitrogens with one attached hydrogen (secondary N) is 2. The second-order valence-corrected chi connectivity index (χ2v) is 8.01. The van der Waals surface area contributed by atoms with Crippen LogP contribution in [0.4, 0.5) is 0 Å². The van der Waals surface area contributed by atoms with E-state index in [9.17, 15) is 9.59 Å². The summed E-state index contributed by atoms with van der Waals surface area (Å²) in [5.74, 6) is -0.449. The third-order valence-corrected chi connectivity index (χ3v) is 4.32. The van der Waals surface area contributed by atoms with Gasteiger partial charge in [-0.25, -0.2) is 4.98 Å². The highest BCUT2D eigenvalue weighted by Gasteiger charge is 2.23. The second kappa shape index (κ2) is 8.02. The van der Waals surface area contributed by atoms with E-state index in [0.29, 0.717) is 23.5 Å². The summed E-state index contributed by atoms with van der Waals surface area (Å²) in [6.45, 7) is 6.14. The van der Waals surface area contributed by atoms with Crippen molar-refractivity contribution in [3.8, 4) is 0 Å². The zero-order valence-corrected chi connectivity index (χ0v) is 16.9. The van der Waals surface area contributed by atoms with E-state index in [0.717, 1.165) is 5.56 Å². The molecule has 3 rings (SSSR count). The Morgan fingerprint density at radius 2 is 1.79 bits per heavy atom. The molecule has 6 nitrogen and oxygen atoms in total. The summed E-state index contributed by atoms with van der Waals surface area (Å²) in [6.07, 6.45) is 2.40. The highest BCUT2D eigenvalue weighted by molar-refractivity contribution is 6.30. The quantitative estimate of drug-likeness (QED) is 0.690. The van der Waals surface area contributed by atoms with Gasteiger partial charge in [-0.15, -0.1) is 0 Å². The second-order valence-electron chi connectivity index (χ2n) is 7.58. The van der Waals surface area contributed by atoms with E-state index in [-0.39, 0.29) is 23.3 Å². The number of benzene rings is 1. The van der Waals surface area contributed by atoms with Gasteiger partial charge in [0.2, 0.25) is 5.82 Å². The molecule has 0 fully saturated rings. The van der Waals surface area contributed by atoms with Gasteiger partial charge in [-0.1, -0.05) is 29.8 Å². The molecule has 2 N–H and O–H groups in total. The molecule has 0 atom stereocenters. The molecule has 146 valence electrons. The van der Waals surface area contributed by atoms with Crippen LogP contribution in [-0.2, 0) is 6.42 Å². The number of imidazole rings is 1. The van der Waals surface area contributed by atoms with Gasteiger partial charge in [-0.05, 0) is 57.0 Å². The Morgan fingerprint density at radius 3 is 2.46 bits per heavy atom. The summed E-state index contributed by atoms with van der Waals surface area (Å²) in [6, 6.07) is 12.9. The lowest BCUT2D eigenvalue weighted by Gasteiger charge is -2.19. The highest BCUT2D eigenvalue weighted by Crippen LogP contribution is 2.15. The minimum Gasteiger partial charge on any atom is -0.350 e. The lowest BCUT2D eigenvalue weighted by molar-refractivity contribution is 0.0908. The molecule has 0 aliphatic rings. The monoisotopic (exact) mass is 398 g/mol. The first-order chi connectivity index (χ1) is 13.2. The average molecular weight is 399 g/mol. The molecule has 28 heavy (non-hydrogen) atoms. The number of aromatic nitrogens is 2. The standard InChI is InChI=1S/C21H23ClN4O2/c1-21(2,3)25-20(28)18-24-17(16-6-4-5-13-26(16)18)19(27)23-12-11-14-7-9-15(22)10-8-14/h4-10,13H,11-12H2,1-3H3,(H,23,27)(H,25,28). The van der Waals surface area contributed by atoms with E-state index < -0.39 is 5.54 Å². The normalized spacial score (nSPS) is 11.4. The molecule has 2 amide bonds. The van der Waals surface area contributed by atoms with Crippen molar-refractivity contribution in [3.05, 3.63) is 70.8 Å². The number of nitrogens with zero attached hydrogens (tertiary/aromatic N) is 2. The Bertz CT molecular complexity index is 1000. The molecule has 0 saturated heterocycles. The molecule has 3 aromatic rings. The van der Waals surface area contributed by atoms with Crippen LogP contribution in [0.2, 0.25) is 5.02 Å². The van der Waals surface area contributed by atoms with Crippen LogP contribution in [0.5, 0.6) is 0 Å². The van der Waals surface area contributed by atoms with Gasteiger partial charge < -0.3 is 10.6 Å². The summed E-state index contributed by atoms with van der Waals surface area (Å²) in [4.78, 5) is 29.6. The van der Waals surface area contributed by atoms with Crippen molar-refractivity contribution in [2.75, 3.05) is 6.54 Å². The van der Waals surface area contributed by atoms with E-state index in [2.05, 4.69) is 15.6 Å². The van der Waals surface area contributed by atoms with Gasteiger partial charge >= 0.3 is 0 Å². The van der Waals surface area contributed by atoms with Crippen molar-refractivity contribution in [2.45, 2.75) is 32.7 Å². The van der Waals surface area contributed by atoms with E-state index >= 15 is 0 Å². The van der Waals surface area contributed by atoms with Crippen LogP contribution in [-0.4, -0.2) is 33.3 Å². The fourth-order valence-electron chi connectivity index (χ4n) is 2.82. The van der Waals surface area contributed by atoms with Gasteiger partial charge in [0.05, 0.1) is 5.52 Å². The van der Waals surface area contributed by atoms with Crippen molar-refractivity contribution < 1.29 is 9.59 Å². The minimum atomic E-state index is -0.404. The maximum Gasteiger partial charge on any atom is 0.288 e. The van der Waals surface area contributed by atoms with Gasteiger partial charge in [-0.2, -0.15) is 0 Å². The minimum absolute atomic E-state index is 0.188. The van der Waals surface area contributed by atoms with Crippen LogP contribution < -0.4 is 10.6 Å². The van der Waals surface area contributed by atoms with Crippen molar-refractivity contribution in [1.29, 1.82) is 0 Å². The molecular formula is C21H23ClN4O2. The first-order valence-electron chi connectivity index (χ1n) is 9.07. The van der Waals surface area contributed by atoms with E-state index in [1.54, 1.807) is 22.7 Å².